The predicted molar refractivity (Wildman–Crippen MR) is 134 cm³/mol. The summed E-state index contributed by atoms with van der Waals surface area (Å²) in [5.74, 6) is 0.702. The Hall–Kier alpha value is -2.96. The largest absolute Gasteiger partial charge is 0.494 e. The van der Waals surface area contributed by atoms with E-state index in [-0.39, 0.29) is 5.91 Å². The summed E-state index contributed by atoms with van der Waals surface area (Å²) < 4.78 is 6.59. The van der Waals surface area contributed by atoms with Crippen LogP contribution < -0.4 is 9.64 Å². The molecule has 0 aliphatic carbocycles. The third-order valence-corrected chi connectivity index (χ3v) is 7.13. The molecule has 0 aliphatic heterocycles. The smallest absolute Gasteiger partial charge is 0.260 e. The number of aryl methyl sites for hydroxylation is 1. The highest BCUT2D eigenvalue weighted by atomic mass is 32.1. The molecule has 0 unspecified atom stereocenters. The van der Waals surface area contributed by atoms with Crippen molar-refractivity contribution >= 4 is 43.4 Å². The molecule has 0 saturated carbocycles. The first kappa shape index (κ1) is 22.2. The number of hydrogen-bond acceptors (Lipinski definition) is 5. The number of aromatic nitrogens is 1. The molecule has 32 heavy (non-hydrogen) atoms. The third kappa shape index (κ3) is 4.33. The number of anilines is 1. The Bertz CT molecular complexity index is 1250. The van der Waals surface area contributed by atoms with E-state index in [1.807, 2.05) is 53.4 Å². The van der Waals surface area contributed by atoms with E-state index in [0.29, 0.717) is 17.2 Å². The zero-order chi connectivity index (χ0) is 22.7. The second kappa shape index (κ2) is 9.67. The number of carbonyl (C=O) groups excluding carboxylic acids is 1. The second-order valence-electron chi connectivity index (χ2n) is 7.80. The number of fused-ring (bicyclic) bond motifs is 2. The molecule has 3 aromatic carbocycles. The molecule has 1 heterocycles. The number of thiazole rings is 1. The van der Waals surface area contributed by atoms with Crippen LogP contribution in [0.2, 0.25) is 0 Å². The van der Waals surface area contributed by atoms with Gasteiger partial charge in [-0.2, -0.15) is 0 Å². The number of nitrogens with zero attached hydrogens (tertiary/aromatic N) is 3. The fourth-order valence-corrected chi connectivity index (χ4v) is 5.00. The second-order valence-corrected chi connectivity index (χ2v) is 8.78. The van der Waals surface area contributed by atoms with Crippen LogP contribution in [0.4, 0.5) is 5.13 Å². The van der Waals surface area contributed by atoms with Crippen LogP contribution in [0.5, 0.6) is 5.75 Å². The molecule has 0 aliphatic rings. The van der Waals surface area contributed by atoms with Crippen molar-refractivity contribution in [3.8, 4) is 5.75 Å². The van der Waals surface area contributed by atoms with Crippen LogP contribution in [0.25, 0.3) is 21.0 Å². The zero-order valence-corrected chi connectivity index (χ0v) is 19.9. The van der Waals surface area contributed by atoms with Crippen LogP contribution in [0.15, 0.2) is 54.6 Å². The standard InChI is InChI=1S/C26H29N3O2S/c1-5-28(6-2)15-16-29(25(30)21-13-12-19-9-7-8-10-20(19)17-21)26-27-23-22(31-4)14-11-18(3)24(23)32-26/h7-14,17H,5-6,15-16H2,1-4H3. The quantitative estimate of drug-likeness (QED) is 0.345. The Morgan fingerprint density at radius 2 is 1.75 bits per heavy atom. The zero-order valence-electron chi connectivity index (χ0n) is 19.1. The molecule has 4 aromatic rings. The van der Waals surface area contributed by atoms with Gasteiger partial charge < -0.3 is 9.64 Å². The highest BCUT2D eigenvalue weighted by Gasteiger charge is 2.23. The number of rotatable bonds is 8. The molecule has 1 amide bonds. The lowest BCUT2D eigenvalue weighted by Crippen LogP contribution is -2.38. The first-order valence-electron chi connectivity index (χ1n) is 11.0. The average molecular weight is 448 g/mol. The van der Waals surface area contributed by atoms with Crippen LogP contribution in [0.3, 0.4) is 0 Å². The lowest BCUT2D eigenvalue weighted by Gasteiger charge is -2.25. The topological polar surface area (TPSA) is 45.7 Å². The number of carbonyl (C=O) groups is 1. The summed E-state index contributed by atoms with van der Waals surface area (Å²) in [4.78, 5) is 22.7. The molecule has 0 N–H and O–H groups in total. The highest BCUT2D eigenvalue weighted by Crippen LogP contribution is 2.37. The summed E-state index contributed by atoms with van der Waals surface area (Å²) >= 11 is 1.55. The molecule has 0 radical (unpaired) electrons. The Morgan fingerprint density at radius 1 is 1.00 bits per heavy atom. The molecule has 0 bridgehead atoms. The van der Waals surface area contributed by atoms with Gasteiger partial charge in [-0.1, -0.05) is 61.6 Å². The van der Waals surface area contributed by atoms with Crippen molar-refractivity contribution in [3.63, 3.8) is 0 Å². The maximum absolute atomic E-state index is 13.7. The minimum atomic E-state index is -0.0291. The Balaban J connectivity index is 1.76. The monoisotopic (exact) mass is 447 g/mol. The first-order chi connectivity index (χ1) is 15.5. The van der Waals surface area contributed by atoms with Gasteiger partial charge in [0.1, 0.15) is 11.3 Å². The maximum Gasteiger partial charge on any atom is 0.260 e. The van der Waals surface area contributed by atoms with E-state index >= 15 is 0 Å². The summed E-state index contributed by atoms with van der Waals surface area (Å²) in [7, 11) is 1.65. The normalized spacial score (nSPS) is 11.4. The Kier molecular flexibility index (Phi) is 6.72. The van der Waals surface area contributed by atoms with E-state index in [1.54, 1.807) is 18.4 Å². The van der Waals surface area contributed by atoms with Crippen molar-refractivity contribution < 1.29 is 9.53 Å². The summed E-state index contributed by atoms with van der Waals surface area (Å²) in [6.07, 6.45) is 0. The lowest BCUT2D eigenvalue weighted by molar-refractivity contribution is 0.0984. The van der Waals surface area contributed by atoms with Gasteiger partial charge in [0.15, 0.2) is 5.13 Å². The van der Waals surface area contributed by atoms with Crippen LogP contribution in [0, 0.1) is 6.92 Å². The van der Waals surface area contributed by atoms with E-state index in [1.165, 1.54) is 0 Å². The van der Waals surface area contributed by atoms with Gasteiger partial charge in [-0.3, -0.25) is 9.69 Å². The number of likely N-dealkylation sites (N-methyl/N-ethyl adjacent to an activating group) is 1. The average Bonchev–Trinajstić information content (AvgIpc) is 3.27. The van der Waals surface area contributed by atoms with Gasteiger partial charge in [-0.05, 0) is 54.5 Å². The molecular formula is C26H29N3O2S. The fourth-order valence-electron chi connectivity index (χ4n) is 3.92. The molecular weight excluding hydrogens is 418 g/mol. The summed E-state index contributed by atoms with van der Waals surface area (Å²) in [6.45, 7) is 9.61. The number of hydrogen-bond donors (Lipinski definition) is 0. The minimum absolute atomic E-state index is 0.0291. The predicted octanol–water partition coefficient (Wildman–Crippen LogP) is 5.76. The van der Waals surface area contributed by atoms with E-state index in [9.17, 15) is 4.79 Å². The van der Waals surface area contributed by atoms with Gasteiger partial charge >= 0.3 is 0 Å². The van der Waals surface area contributed by atoms with E-state index in [0.717, 1.165) is 51.9 Å². The van der Waals surface area contributed by atoms with Crippen molar-refractivity contribution in [2.24, 2.45) is 0 Å². The van der Waals surface area contributed by atoms with Crippen LogP contribution in [-0.4, -0.2) is 49.1 Å². The summed E-state index contributed by atoms with van der Waals surface area (Å²) in [6, 6.07) is 18.0. The number of methoxy groups -OCH3 is 1. The summed E-state index contributed by atoms with van der Waals surface area (Å²) in [5.41, 5.74) is 2.62. The van der Waals surface area contributed by atoms with Gasteiger partial charge in [0.05, 0.1) is 11.8 Å². The number of benzene rings is 3. The summed E-state index contributed by atoms with van der Waals surface area (Å²) in [5, 5.41) is 2.89. The van der Waals surface area contributed by atoms with E-state index < -0.39 is 0 Å². The van der Waals surface area contributed by atoms with E-state index in [2.05, 4.69) is 31.7 Å². The SMILES string of the molecule is CCN(CC)CCN(C(=O)c1ccc2ccccc2c1)c1nc2c(OC)ccc(C)c2s1. The first-order valence-corrected chi connectivity index (χ1v) is 11.8. The van der Waals surface area contributed by atoms with Gasteiger partial charge in [0, 0.05) is 18.7 Å². The Morgan fingerprint density at radius 3 is 2.47 bits per heavy atom. The fraction of sp³-hybridized carbons (Fsp3) is 0.308. The van der Waals surface area contributed by atoms with Crippen LogP contribution >= 0.6 is 11.3 Å². The number of ether oxygens (including phenoxy) is 1. The lowest BCUT2D eigenvalue weighted by atomic mass is 10.1. The van der Waals surface area contributed by atoms with Gasteiger partial charge in [-0.25, -0.2) is 4.98 Å². The van der Waals surface area contributed by atoms with Crippen molar-refractivity contribution in [2.75, 3.05) is 38.2 Å². The maximum atomic E-state index is 13.7. The molecule has 5 nitrogen and oxygen atoms in total. The van der Waals surface area contributed by atoms with Gasteiger partial charge in [0.25, 0.3) is 5.91 Å². The molecule has 0 fully saturated rings. The van der Waals surface area contributed by atoms with Gasteiger partial charge in [-0.15, -0.1) is 0 Å². The molecule has 6 heteroatoms. The third-order valence-electron chi connectivity index (χ3n) is 5.92. The van der Waals surface area contributed by atoms with Crippen molar-refractivity contribution in [2.45, 2.75) is 20.8 Å². The van der Waals surface area contributed by atoms with Gasteiger partial charge in [0.2, 0.25) is 0 Å². The Labute approximate surface area is 193 Å². The van der Waals surface area contributed by atoms with Crippen molar-refractivity contribution in [1.82, 2.24) is 9.88 Å². The molecule has 0 saturated heterocycles. The van der Waals surface area contributed by atoms with Crippen LogP contribution in [-0.2, 0) is 0 Å². The molecule has 166 valence electrons. The molecule has 0 atom stereocenters. The molecule has 4 rings (SSSR count). The minimum Gasteiger partial charge on any atom is -0.494 e. The van der Waals surface area contributed by atoms with E-state index in [4.69, 9.17) is 9.72 Å². The highest BCUT2D eigenvalue weighted by molar-refractivity contribution is 7.22. The van der Waals surface area contributed by atoms with Crippen molar-refractivity contribution in [1.29, 1.82) is 0 Å². The van der Waals surface area contributed by atoms with Crippen molar-refractivity contribution in [3.05, 3.63) is 65.7 Å². The molecule has 0 spiro atoms. The molecule has 1 aromatic heterocycles. The number of amides is 1. The van der Waals surface area contributed by atoms with Crippen LogP contribution in [0.1, 0.15) is 29.8 Å².